The van der Waals surface area contributed by atoms with Crippen molar-refractivity contribution in [3.05, 3.63) is 89.2 Å². The van der Waals surface area contributed by atoms with Gasteiger partial charge in [-0.3, -0.25) is 9.59 Å². The maximum atomic E-state index is 13.1. The van der Waals surface area contributed by atoms with Crippen molar-refractivity contribution in [2.45, 2.75) is 30.2 Å². The molecular weight excluding hydrogens is 419 g/mol. The van der Waals surface area contributed by atoms with E-state index < -0.39 is 21.7 Å². The van der Waals surface area contributed by atoms with Crippen LogP contribution >= 0.6 is 0 Å². The minimum atomic E-state index is -3.92. The minimum absolute atomic E-state index is 0.0162. The molecule has 0 fully saturated rings. The molecule has 0 atom stereocenters. The second kappa shape index (κ2) is 9.09. The average Bonchev–Trinajstić information content (AvgIpc) is 2.73. The van der Waals surface area contributed by atoms with Crippen molar-refractivity contribution in [1.29, 1.82) is 0 Å². The molecule has 6 nitrogen and oxygen atoms in total. The van der Waals surface area contributed by atoms with Crippen molar-refractivity contribution in [2.24, 2.45) is 0 Å². The van der Waals surface area contributed by atoms with Crippen molar-refractivity contribution >= 4 is 27.3 Å². The Morgan fingerprint density at radius 3 is 2.19 bits per heavy atom. The number of hydrogen-bond acceptors (Lipinski definition) is 4. The molecule has 2 amide bonds. The zero-order chi connectivity index (χ0) is 22.6. The first-order valence-corrected chi connectivity index (χ1v) is 10.9. The SMILES string of the molecule is CC(=O)Nc1cc(C(=O)NCc2ccc(F)cc2)ccc1S(=O)(=O)c1ccc(C)cc1. The van der Waals surface area contributed by atoms with Crippen LogP contribution < -0.4 is 10.6 Å². The number of halogens is 1. The summed E-state index contributed by atoms with van der Waals surface area (Å²) in [6.07, 6.45) is 0. The number of nitrogens with one attached hydrogen (secondary N) is 2. The lowest BCUT2D eigenvalue weighted by Gasteiger charge is -2.13. The first kappa shape index (κ1) is 22.2. The molecule has 0 aliphatic heterocycles. The minimum Gasteiger partial charge on any atom is -0.348 e. The Morgan fingerprint density at radius 2 is 1.58 bits per heavy atom. The largest absolute Gasteiger partial charge is 0.348 e. The van der Waals surface area contributed by atoms with Gasteiger partial charge in [-0.15, -0.1) is 0 Å². The van der Waals surface area contributed by atoms with Crippen molar-refractivity contribution in [3.63, 3.8) is 0 Å². The fourth-order valence-corrected chi connectivity index (χ4v) is 4.32. The Balaban J connectivity index is 1.90. The van der Waals surface area contributed by atoms with E-state index in [1.165, 1.54) is 49.4 Å². The molecule has 0 spiro atoms. The predicted octanol–water partition coefficient (Wildman–Crippen LogP) is 3.86. The first-order chi connectivity index (χ1) is 14.7. The lowest BCUT2D eigenvalue weighted by atomic mass is 10.1. The van der Waals surface area contributed by atoms with Crippen LogP contribution in [0.25, 0.3) is 0 Å². The van der Waals surface area contributed by atoms with Gasteiger partial charge in [0.15, 0.2) is 0 Å². The van der Waals surface area contributed by atoms with Crippen LogP contribution in [0.5, 0.6) is 0 Å². The summed E-state index contributed by atoms with van der Waals surface area (Å²) in [6, 6.07) is 16.0. The molecule has 0 aromatic heterocycles. The number of amides is 2. The van der Waals surface area contributed by atoms with Gasteiger partial charge in [0, 0.05) is 19.0 Å². The lowest BCUT2D eigenvalue weighted by Crippen LogP contribution is -2.23. The van der Waals surface area contributed by atoms with Gasteiger partial charge in [-0.2, -0.15) is 0 Å². The Labute approximate surface area is 180 Å². The third-order valence-corrected chi connectivity index (χ3v) is 6.37. The van der Waals surface area contributed by atoms with Crippen LogP contribution in [0, 0.1) is 12.7 Å². The van der Waals surface area contributed by atoms with E-state index in [9.17, 15) is 22.4 Å². The molecule has 0 saturated carbocycles. The van der Waals surface area contributed by atoms with E-state index in [1.807, 2.05) is 6.92 Å². The van der Waals surface area contributed by atoms with Crippen molar-refractivity contribution < 1.29 is 22.4 Å². The summed E-state index contributed by atoms with van der Waals surface area (Å²) >= 11 is 0. The molecule has 2 N–H and O–H groups in total. The lowest BCUT2D eigenvalue weighted by molar-refractivity contribution is -0.114. The monoisotopic (exact) mass is 440 g/mol. The number of anilines is 1. The third-order valence-electron chi connectivity index (χ3n) is 4.54. The van der Waals surface area contributed by atoms with E-state index in [4.69, 9.17) is 0 Å². The first-order valence-electron chi connectivity index (χ1n) is 9.43. The summed E-state index contributed by atoms with van der Waals surface area (Å²) in [5.41, 5.74) is 1.81. The maximum Gasteiger partial charge on any atom is 0.251 e. The van der Waals surface area contributed by atoms with Crippen LogP contribution in [0.3, 0.4) is 0 Å². The van der Waals surface area contributed by atoms with Crippen LogP contribution in [0.4, 0.5) is 10.1 Å². The number of hydrogen-bond donors (Lipinski definition) is 2. The number of rotatable bonds is 6. The Morgan fingerprint density at radius 1 is 0.935 bits per heavy atom. The summed E-state index contributed by atoms with van der Waals surface area (Å²) in [6.45, 7) is 3.26. The molecule has 3 rings (SSSR count). The van der Waals surface area contributed by atoms with E-state index in [0.29, 0.717) is 5.56 Å². The van der Waals surface area contributed by atoms with Crippen molar-refractivity contribution in [2.75, 3.05) is 5.32 Å². The van der Waals surface area contributed by atoms with Gasteiger partial charge in [0.05, 0.1) is 15.5 Å². The Kier molecular flexibility index (Phi) is 6.50. The second-order valence-electron chi connectivity index (χ2n) is 7.02. The van der Waals surface area contributed by atoms with E-state index in [2.05, 4.69) is 10.6 Å². The maximum absolute atomic E-state index is 13.1. The van der Waals surface area contributed by atoms with Gasteiger partial charge in [0.2, 0.25) is 15.7 Å². The molecule has 0 bridgehead atoms. The average molecular weight is 440 g/mol. The van der Waals surface area contributed by atoms with Crippen LogP contribution in [0.1, 0.15) is 28.4 Å². The fraction of sp³-hybridized carbons (Fsp3) is 0.130. The highest BCUT2D eigenvalue weighted by atomic mass is 32.2. The normalized spacial score (nSPS) is 11.1. The van der Waals surface area contributed by atoms with Gasteiger partial charge in [-0.1, -0.05) is 29.8 Å². The highest BCUT2D eigenvalue weighted by molar-refractivity contribution is 7.91. The Hall–Kier alpha value is -3.52. The van der Waals surface area contributed by atoms with Gasteiger partial charge in [-0.25, -0.2) is 12.8 Å². The summed E-state index contributed by atoms with van der Waals surface area (Å²) in [7, 11) is -3.92. The van der Waals surface area contributed by atoms with Gasteiger partial charge < -0.3 is 10.6 Å². The zero-order valence-corrected chi connectivity index (χ0v) is 17.8. The predicted molar refractivity (Wildman–Crippen MR) is 115 cm³/mol. The smallest absolute Gasteiger partial charge is 0.251 e. The molecule has 0 saturated heterocycles. The summed E-state index contributed by atoms with van der Waals surface area (Å²) in [4.78, 5) is 24.2. The van der Waals surface area contributed by atoms with E-state index >= 15 is 0 Å². The molecule has 0 aliphatic carbocycles. The van der Waals surface area contributed by atoms with Crippen molar-refractivity contribution in [3.8, 4) is 0 Å². The van der Waals surface area contributed by atoms with E-state index in [-0.39, 0.29) is 33.4 Å². The number of aryl methyl sites for hydroxylation is 1. The fourth-order valence-electron chi connectivity index (χ4n) is 2.92. The van der Waals surface area contributed by atoms with Crippen LogP contribution in [-0.4, -0.2) is 20.2 Å². The van der Waals surface area contributed by atoms with E-state index in [0.717, 1.165) is 5.56 Å². The molecule has 31 heavy (non-hydrogen) atoms. The topological polar surface area (TPSA) is 92.3 Å². The number of sulfone groups is 1. The van der Waals surface area contributed by atoms with Gasteiger partial charge >= 0.3 is 0 Å². The van der Waals surface area contributed by atoms with E-state index in [1.54, 1.807) is 24.3 Å². The number of carbonyl (C=O) groups is 2. The molecule has 0 heterocycles. The highest BCUT2D eigenvalue weighted by Crippen LogP contribution is 2.29. The highest BCUT2D eigenvalue weighted by Gasteiger charge is 2.23. The van der Waals surface area contributed by atoms with Gasteiger partial charge in [0.1, 0.15) is 5.82 Å². The van der Waals surface area contributed by atoms with Gasteiger partial charge in [-0.05, 0) is 55.0 Å². The molecule has 0 unspecified atom stereocenters. The third kappa shape index (κ3) is 5.35. The zero-order valence-electron chi connectivity index (χ0n) is 17.0. The number of carbonyl (C=O) groups excluding carboxylic acids is 2. The molecule has 8 heteroatoms. The standard InChI is InChI=1S/C23H21FN2O4S/c1-15-3-10-20(11-4-15)31(29,30)22-12-7-18(13-21(22)26-16(2)27)23(28)25-14-17-5-8-19(24)9-6-17/h3-13H,14H2,1-2H3,(H,25,28)(H,26,27). The van der Waals surface area contributed by atoms with Crippen LogP contribution in [-0.2, 0) is 21.2 Å². The van der Waals surface area contributed by atoms with Crippen molar-refractivity contribution in [1.82, 2.24) is 5.32 Å². The Bertz CT molecular complexity index is 1220. The molecular formula is C23H21FN2O4S. The summed E-state index contributed by atoms with van der Waals surface area (Å²) in [5, 5.41) is 5.18. The molecule has 0 aliphatic rings. The summed E-state index contributed by atoms with van der Waals surface area (Å²) in [5.74, 6) is -1.31. The molecule has 160 valence electrons. The number of benzene rings is 3. The van der Waals surface area contributed by atoms with Crippen LogP contribution in [0.2, 0.25) is 0 Å². The molecule has 0 radical (unpaired) electrons. The molecule has 3 aromatic carbocycles. The molecule has 3 aromatic rings. The second-order valence-corrected chi connectivity index (χ2v) is 8.94. The quantitative estimate of drug-likeness (QED) is 0.609. The van der Waals surface area contributed by atoms with Crippen LogP contribution in [0.15, 0.2) is 76.5 Å². The summed E-state index contributed by atoms with van der Waals surface area (Å²) < 4.78 is 39.2. The van der Waals surface area contributed by atoms with Gasteiger partial charge in [0.25, 0.3) is 5.91 Å².